The normalized spacial score (nSPS) is 28.2. The molecule has 3 aromatic rings. The molecule has 3 aromatic carbocycles. The van der Waals surface area contributed by atoms with Gasteiger partial charge < -0.3 is 4.74 Å². The molecule has 5 rings (SSSR count). The Hall–Kier alpha value is -2.95. The highest BCUT2D eigenvalue weighted by Gasteiger charge is 2.54. The number of carbonyl (C=O) groups excluding carboxylic acids is 1. The first-order valence-electron chi connectivity index (χ1n) is 10.8. The summed E-state index contributed by atoms with van der Waals surface area (Å²) in [6.07, 6.45) is 1.03. The van der Waals surface area contributed by atoms with E-state index in [-0.39, 0.29) is 5.97 Å². The molecule has 1 saturated heterocycles. The second-order valence-electron chi connectivity index (χ2n) is 8.87. The molecule has 2 aliphatic heterocycles. The molecule has 0 radical (unpaired) electrons. The van der Waals surface area contributed by atoms with Crippen molar-refractivity contribution in [1.29, 1.82) is 0 Å². The minimum atomic E-state index is -0.783. The number of cyclic esters (lactones) is 1. The molecule has 31 heavy (non-hydrogen) atoms. The van der Waals surface area contributed by atoms with Gasteiger partial charge in [0.25, 0.3) is 0 Å². The Morgan fingerprint density at radius 3 is 1.90 bits per heavy atom. The lowest BCUT2D eigenvalue weighted by Crippen LogP contribution is -2.49. The quantitative estimate of drug-likeness (QED) is 0.519. The number of rotatable bonds is 4. The highest BCUT2D eigenvalue weighted by Crippen LogP contribution is 2.53. The highest BCUT2D eigenvalue weighted by molar-refractivity contribution is 5.78. The van der Waals surface area contributed by atoms with E-state index in [0.717, 1.165) is 24.0 Å². The van der Waals surface area contributed by atoms with Crippen LogP contribution in [0.4, 0.5) is 0 Å². The molecular weight excluding hydrogens is 386 g/mol. The van der Waals surface area contributed by atoms with Crippen LogP contribution in [0.25, 0.3) is 0 Å². The third-order valence-electron chi connectivity index (χ3n) is 6.92. The van der Waals surface area contributed by atoms with E-state index in [1.807, 2.05) is 36.4 Å². The zero-order chi connectivity index (χ0) is 21.5. The smallest absolute Gasteiger partial charge is 0.342 e. The van der Waals surface area contributed by atoms with Crippen molar-refractivity contribution in [3.63, 3.8) is 0 Å². The summed E-state index contributed by atoms with van der Waals surface area (Å²) in [4.78, 5) is 19.6. The molecule has 3 atom stereocenters. The van der Waals surface area contributed by atoms with E-state index in [4.69, 9.17) is 9.57 Å². The summed E-state index contributed by atoms with van der Waals surface area (Å²) >= 11 is 0. The van der Waals surface area contributed by atoms with Gasteiger partial charge in [0.15, 0.2) is 0 Å². The summed E-state index contributed by atoms with van der Waals surface area (Å²) in [6.45, 7) is 4.70. The molecule has 158 valence electrons. The SMILES string of the molecule is C[C@@]1(c2ccccc2)CC[C@@](C)(c2ccccc2)N1OC1C(=O)OCc2ccccc21. The number of benzene rings is 3. The van der Waals surface area contributed by atoms with E-state index in [2.05, 4.69) is 67.4 Å². The van der Waals surface area contributed by atoms with Gasteiger partial charge in [-0.2, -0.15) is 5.06 Å². The number of carbonyl (C=O) groups is 1. The topological polar surface area (TPSA) is 38.8 Å². The number of esters is 1. The minimum Gasteiger partial charge on any atom is -0.459 e. The summed E-state index contributed by atoms with van der Waals surface area (Å²) in [5, 5.41) is 2.07. The van der Waals surface area contributed by atoms with Gasteiger partial charge in [-0.05, 0) is 43.4 Å². The molecule has 0 amide bonds. The van der Waals surface area contributed by atoms with Crippen LogP contribution in [0.5, 0.6) is 0 Å². The van der Waals surface area contributed by atoms with Gasteiger partial charge in [-0.1, -0.05) is 84.9 Å². The lowest BCUT2D eigenvalue weighted by molar-refractivity contribution is -0.287. The van der Waals surface area contributed by atoms with E-state index in [9.17, 15) is 4.79 Å². The number of ether oxygens (including phenoxy) is 1. The summed E-state index contributed by atoms with van der Waals surface area (Å²) in [5.74, 6) is -0.337. The minimum absolute atomic E-state index is 0.292. The molecule has 0 saturated carbocycles. The Balaban J connectivity index is 1.61. The van der Waals surface area contributed by atoms with Crippen LogP contribution in [0, 0.1) is 0 Å². The summed E-state index contributed by atoms with van der Waals surface area (Å²) in [6, 6.07) is 28.7. The number of fused-ring (bicyclic) bond motifs is 1. The first-order valence-corrected chi connectivity index (χ1v) is 10.8. The maximum atomic E-state index is 12.9. The maximum Gasteiger partial charge on any atom is 0.342 e. The number of hydroxylamine groups is 2. The zero-order valence-corrected chi connectivity index (χ0v) is 18.0. The molecule has 0 bridgehead atoms. The Morgan fingerprint density at radius 2 is 1.32 bits per heavy atom. The second-order valence-corrected chi connectivity index (χ2v) is 8.87. The zero-order valence-electron chi connectivity index (χ0n) is 18.0. The van der Waals surface area contributed by atoms with Crippen LogP contribution >= 0.6 is 0 Å². The van der Waals surface area contributed by atoms with Crippen molar-refractivity contribution in [2.24, 2.45) is 0 Å². The van der Waals surface area contributed by atoms with Gasteiger partial charge in [-0.25, -0.2) is 4.79 Å². The van der Waals surface area contributed by atoms with Crippen LogP contribution in [0.2, 0.25) is 0 Å². The number of nitrogens with zero attached hydrogens (tertiary/aromatic N) is 1. The van der Waals surface area contributed by atoms with Crippen LogP contribution in [0.1, 0.15) is 55.0 Å². The summed E-state index contributed by atoms with van der Waals surface area (Å²) in [5.41, 5.74) is 3.45. The number of hydrogen-bond donors (Lipinski definition) is 0. The van der Waals surface area contributed by atoms with Crippen molar-refractivity contribution < 1.29 is 14.4 Å². The average molecular weight is 414 g/mol. The molecule has 0 aromatic heterocycles. The molecule has 0 aliphatic carbocycles. The summed E-state index contributed by atoms with van der Waals surface area (Å²) < 4.78 is 5.48. The fourth-order valence-corrected chi connectivity index (χ4v) is 5.06. The molecule has 1 unspecified atom stereocenters. The lowest BCUT2D eigenvalue weighted by atomic mass is 9.89. The van der Waals surface area contributed by atoms with Crippen LogP contribution in [-0.4, -0.2) is 11.0 Å². The van der Waals surface area contributed by atoms with Crippen molar-refractivity contribution in [3.05, 3.63) is 107 Å². The Bertz CT molecular complexity index is 1030. The van der Waals surface area contributed by atoms with E-state index in [1.54, 1.807) is 0 Å². The first-order chi connectivity index (χ1) is 15.0. The molecule has 2 aliphatic rings. The van der Waals surface area contributed by atoms with Gasteiger partial charge >= 0.3 is 5.97 Å². The molecule has 4 nitrogen and oxygen atoms in total. The van der Waals surface area contributed by atoms with Gasteiger partial charge in [0.1, 0.15) is 6.61 Å². The van der Waals surface area contributed by atoms with E-state index >= 15 is 0 Å². The van der Waals surface area contributed by atoms with Gasteiger partial charge in [0.05, 0.1) is 11.1 Å². The molecular formula is C27H27NO3. The van der Waals surface area contributed by atoms with Crippen LogP contribution in [0.3, 0.4) is 0 Å². The van der Waals surface area contributed by atoms with Gasteiger partial charge in [-0.3, -0.25) is 4.84 Å². The van der Waals surface area contributed by atoms with Crippen molar-refractivity contribution in [3.8, 4) is 0 Å². The first kappa shape index (κ1) is 20.0. The molecule has 2 heterocycles. The van der Waals surface area contributed by atoms with E-state index in [1.165, 1.54) is 11.1 Å². The lowest BCUT2D eigenvalue weighted by Gasteiger charge is -2.45. The van der Waals surface area contributed by atoms with Crippen molar-refractivity contribution in [2.75, 3.05) is 0 Å². The van der Waals surface area contributed by atoms with Crippen molar-refractivity contribution >= 4 is 5.97 Å². The van der Waals surface area contributed by atoms with Gasteiger partial charge in [0, 0.05) is 5.56 Å². The summed E-state index contributed by atoms with van der Waals surface area (Å²) in [7, 11) is 0. The molecule has 0 spiro atoms. The van der Waals surface area contributed by atoms with Gasteiger partial charge in [0.2, 0.25) is 6.10 Å². The molecule has 0 N–H and O–H groups in total. The fourth-order valence-electron chi connectivity index (χ4n) is 5.06. The van der Waals surface area contributed by atoms with E-state index < -0.39 is 17.2 Å². The predicted molar refractivity (Wildman–Crippen MR) is 119 cm³/mol. The maximum absolute atomic E-state index is 12.9. The second kappa shape index (κ2) is 7.63. The largest absolute Gasteiger partial charge is 0.459 e. The van der Waals surface area contributed by atoms with Gasteiger partial charge in [-0.15, -0.1) is 0 Å². The molecule has 4 heteroatoms. The number of hydrogen-bond acceptors (Lipinski definition) is 4. The fraction of sp³-hybridized carbons (Fsp3) is 0.296. The van der Waals surface area contributed by atoms with Crippen LogP contribution in [0.15, 0.2) is 84.9 Å². The molecule has 1 fully saturated rings. The Morgan fingerprint density at radius 1 is 0.806 bits per heavy atom. The van der Waals surface area contributed by atoms with Crippen molar-refractivity contribution in [2.45, 2.75) is 50.5 Å². The van der Waals surface area contributed by atoms with E-state index in [0.29, 0.717) is 6.61 Å². The van der Waals surface area contributed by atoms with Crippen LogP contribution < -0.4 is 0 Å². The average Bonchev–Trinajstić information content (AvgIpc) is 3.09. The third-order valence-corrected chi connectivity index (χ3v) is 6.92. The standard InChI is InChI=1S/C27H27NO3/c1-26(21-12-5-3-6-13-21)17-18-27(2,22-14-7-4-8-15-22)28(26)31-24-23-16-10-9-11-20(23)19-30-25(24)29/h3-16,24H,17-19H2,1-2H3/t24?,26-,27-/m0/s1. The predicted octanol–water partition coefficient (Wildman–Crippen LogP) is 5.64. The van der Waals surface area contributed by atoms with Crippen LogP contribution in [-0.2, 0) is 32.1 Å². The monoisotopic (exact) mass is 413 g/mol. The van der Waals surface area contributed by atoms with Crippen molar-refractivity contribution in [1.82, 2.24) is 5.06 Å². The highest BCUT2D eigenvalue weighted by atomic mass is 16.7. The Kier molecular flexibility index (Phi) is 4.92. The Labute approximate surface area is 183 Å². The third kappa shape index (κ3) is 3.27.